The van der Waals surface area contributed by atoms with Gasteiger partial charge < -0.3 is 9.74 Å². The molecular weight excluding hydrogens is 464 g/mol. The number of rotatable bonds is 5. The minimum Gasteiger partial charge on any atom is -0.382 e. The number of amides is 1. The van der Waals surface area contributed by atoms with Gasteiger partial charge >= 0.3 is 0 Å². The molecule has 8 nitrogen and oxygen atoms in total. The molecule has 3 unspecified atom stereocenters. The number of allylic oxidation sites excluding steroid dienone is 2. The van der Waals surface area contributed by atoms with E-state index in [2.05, 4.69) is 30.1 Å². The fraction of sp³-hybridized carbons (Fsp3) is 0.500. The molecule has 0 bridgehead atoms. The lowest BCUT2D eigenvalue weighted by atomic mass is 9.98. The van der Waals surface area contributed by atoms with Crippen molar-refractivity contribution in [3.63, 3.8) is 0 Å². The summed E-state index contributed by atoms with van der Waals surface area (Å²) in [4.78, 5) is 28.5. The number of benzene rings is 1. The van der Waals surface area contributed by atoms with Crippen molar-refractivity contribution in [1.29, 1.82) is 0 Å². The molecule has 3 atom stereocenters. The van der Waals surface area contributed by atoms with Crippen LogP contribution in [-0.2, 0) is 9.63 Å². The van der Waals surface area contributed by atoms with Gasteiger partial charge in [-0.1, -0.05) is 53.9 Å². The highest BCUT2D eigenvalue weighted by atomic mass is 35.5. The van der Waals surface area contributed by atoms with Crippen molar-refractivity contribution >= 4 is 29.1 Å². The maximum atomic E-state index is 13.2. The number of hydrazone groups is 1. The molecule has 1 saturated carbocycles. The summed E-state index contributed by atoms with van der Waals surface area (Å²) >= 11 is 6.16. The molecular formula is C26H31ClN6O2. The van der Waals surface area contributed by atoms with Crippen molar-refractivity contribution in [2.75, 3.05) is 33.2 Å². The standard InChI is InChI=1S/C26H31ClN6O2/c1-17-3-5-19(6-4-17)25-28-26(30(2)35-25)33-15-22(24(29-33)18-7-9-20(27)10-8-18)32-14-13-31(16-23(32)34)21-11-12-21/h3,5-10,17,21-22,26H,4,11-16H2,1-2H3. The van der Waals surface area contributed by atoms with E-state index in [1.165, 1.54) is 12.8 Å². The number of halogens is 1. The fourth-order valence-electron chi connectivity index (χ4n) is 5.22. The van der Waals surface area contributed by atoms with Gasteiger partial charge in [0.15, 0.2) is 0 Å². The molecule has 0 N–H and O–H groups in total. The highest BCUT2D eigenvalue weighted by molar-refractivity contribution is 6.30. The highest BCUT2D eigenvalue weighted by Crippen LogP contribution is 2.31. The summed E-state index contributed by atoms with van der Waals surface area (Å²) in [7, 11) is 1.88. The Balaban J connectivity index is 1.27. The molecule has 9 heteroatoms. The van der Waals surface area contributed by atoms with Gasteiger partial charge in [-0.2, -0.15) is 5.10 Å². The van der Waals surface area contributed by atoms with Gasteiger partial charge in [0, 0.05) is 42.3 Å². The quantitative estimate of drug-likeness (QED) is 0.629. The van der Waals surface area contributed by atoms with Gasteiger partial charge in [0.05, 0.1) is 24.8 Å². The average molecular weight is 495 g/mol. The van der Waals surface area contributed by atoms with Crippen molar-refractivity contribution in [3.8, 4) is 0 Å². The summed E-state index contributed by atoms with van der Waals surface area (Å²) in [5, 5.41) is 9.36. The molecule has 5 aliphatic rings. The van der Waals surface area contributed by atoms with Crippen LogP contribution in [0.15, 0.2) is 58.2 Å². The summed E-state index contributed by atoms with van der Waals surface area (Å²) < 4.78 is 0. The molecule has 0 radical (unpaired) electrons. The molecule has 2 fully saturated rings. The molecule has 35 heavy (non-hydrogen) atoms. The number of hydrogen-bond donors (Lipinski definition) is 0. The fourth-order valence-corrected chi connectivity index (χ4v) is 5.34. The van der Waals surface area contributed by atoms with Gasteiger partial charge in [-0.15, -0.1) is 0 Å². The van der Waals surface area contributed by atoms with Crippen LogP contribution >= 0.6 is 11.6 Å². The Kier molecular flexibility index (Phi) is 5.90. The first-order valence-electron chi connectivity index (χ1n) is 12.5. The molecule has 0 spiro atoms. The van der Waals surface area contributed by atoms with Crippen LogP contribution in [0.2, 0.25) is 5.02 Å². The van der Waals surface area contributed by atoms with E-state index in [0.29, 0.717) is 42.5 Å². The van der Waals surface area contributed by atoms with E-state index < -0.39 is 6.29 Å². The van der Waals surface area contributed by atoms with Crippen LogP contribution in [-0.4, -0.2) is 89.0 Å². The molecule has 1 saturated heterocycles. The lowest BCUT2D eigenvalue weighted by Crippen LogP contribution is -2.57. The van der Waals surface area contributed by atoms with Crippen molar-refractivity contribution < 1.29 is 9.63 Å². The molecule has 1 aromatic carbocycles. The van der Waals surface area contributed by atoms with Crippen LogP contribution < -0.4 is 0 Å². The van der Waals surface area contributed by atoms with Crippen LogP contribution in [0.4, 0.5) is 0 Å². The Labute approximate surface area is 211 Å². The number of nitrogens with zero attached hydrogens (tertiary/aromatic N) is 6. The van der Waals surface area contributed by atoms with E-state index in [9.17, 15) is 4.79 Å². The maximum Gasteiger partial charge on any atom is 0.244 e. The van der Waals surface area contributed by atoms with Crippen LogP contribution in [0.5, 0.6) is 0 Å². The normalized spacial score (nSPS) is 29.9. The van der Waals surface area contributed by atoms with Gasteiger partial charge in [0.2, 0.25) is 18.1 Å². The smallest absolute Gasteiger partial charge is 0.244 e. The first kappa shape index (κ1) is 22.8. The molecule has 3 heterocycles. The maximum absolute atomic E-state index is 13.2. The first-order valence-corrected chi connectivity index (χ1v) is 12.9. The monoisotopic (exact) mass is 494 g/mol. The molecule has 184 valence electrons. The number of piperazine rings is 1. The second-order valence-corrected chi connectivity index (χ2v) is 10.5. The third kappa shape index (κ3) is 4.50. The van der Waals surface area contributed by atoms with Crippen LogP contribution in [0.3, 0.4) is 0 Å². The number of hydrogen-bond acceptors (Lipinski definition) is 7. The van der Waals surface area contributed by atoms with E-state index >= 15 is 0 Å². The SMILES string of the molecule is CC1C=CC(C2=NC(N3CC(N4CCN(C5CC5)CC4=O)C(c4ccc(Cl)cc4)=N3)N(C)O2)=CC1. The topological polar surface area (TPSA) is 64.0 Å². The second-order valence-electron chi connectivity index (χ2n) is 10.1. The van der Waals surface area contributed by atoms with Crippen molar-refractivity contribution in [3.05, 3.63) is 58.7 Å². The summed E-state index contributed by atoms with van der Waals surface area (Å²) in [6, 6.07) is 8.14. The van der Waals surface area contributed by atoms with Crippen molar-refractivity contribution in [1.82, 2.24) is 19.9 Å². The average Bonchev–Trinajstić information content (AvgIpc) is 3.51. The van der Waals surface area contributed by atoms with E-state index in [0.717, 1.165) is 29.8 Å². The van der Waals surface area contributed by atoms with Gasteiger partial charge in [0.1, 0.15) is 0 Å². The molecule has 1 amide bonds. The van der Waals surface area contributed by atoms with E-state index in [4.69, 9.17) is 26.5 Å². The molecule has 0 aromatic heterocycles. The predicted octanol–water partition coefficient (Wildman–Crippen LogP) is 3.12. The molecule has 2 aliphatic carbocycles. The second kappa shape index (κ2) is 9.08. The van der Waals surface area contributed by atoms with E-state index in [-0.39, 0.29) is 11.9 Å². The lowest BCUT2D eigenvalue weighted by Gasteiger charge is -2.38. The third-order valence-electron chi connectivity index (χ3n) is 7.39. The van der Waals surface area contributed by atoms with Crippen LogP contribution in [0.25, 0.3) is 0 Å². The van der Waals surface area contributed by atoms with Gasteiger partial charge in [-0.25, -0.2) is 4.99 Å². The van der Waals surface area contributed by atoms with Gasteiger partial charge in [0.25, 0.3) is 0 Å². The Bertz CT molecular complexity index is 1130. The Morgan fingerprint density at radius 1 is 1.14 bits per heavy atom. The minimum absolute atomic E-state index is 0.146. The van der Waals surface area contributed by atoms with Gasteiger partial charge in [-0.05, 0) is 37.3 Å². The molecule has 3 aliphatic heterocycles. The highest BCUT2D eigenvalue weighted by Gasteiger charge is 2.43. The first-order chi connectivity index (χ1) is 17.0. The molecule has 1 aromatic rings. The Morgan fingerprint density at radius 2 is 1.94 bits per heavy atom. The molecule has 6 rings (SSSR count). The van der Waals surface area contributed by atoms with E-state index in [1.807, 2.05) is 41.2 Å². The van der Waals surface area contributed by atoms with Gasteiger partial charge in [-0.3, -0.25) is 14.7 Å². The lowest BCUT2D eigenvalue weighted by molar-refractivity contribution is -0.138. The number of carbonyl (C=O) groups is 1. The van der Waals surface area contributed by atoms with E-state index in [1.54, 1.807) is 5.06 Å². The van der Waals surface area contributed by atoms with Crippen molar-refractivity contribution in [2.45, 2.75) is 44.6 Å². The zero-order chi connectivity index (χ0) is 24.1. The Morgan fingerprint density at radius 3 is 2.63 bits per heavy atom. The number of aliphatic imine (C=N–C) groups is 1. The third-order valence-corrected chi connectivity index (χ3v) is 7.65. The largest absolute Gasteiger partial charge is 0.382 e. The Hall–Kier alpha value is -2.68. The number of carbonyl (C=O) groups excluding carboxylic acids is 1. The zero-order valence-electron chi connectivity index (χ0n) is 20.2. The summed E-state index contributed by atoms with van der Waals surface area (Å²) in [6.07, 6.45) is 9.44. The van der Waals surface area contributed by atoms with Crippen molar-refractivity contribution in [2.24, 2.45) is 16.0 Å². The summed E-state index contributed by atoms with van der Waals surface area (Å²) in [5.41, 5.74) is 2.84. The minimum atomic E-state index is -0.395. The van der Waals surface area contributed by atoms with Crippen LogP contribution in [0.1, 0.15) is 31.7 Å². The predicted molar refractivity (Wildman–Crippen MR) is 136 cm³/mol. The van der Waals surface area contributed by atoms with Crippen LogP contribution in [0, 0.1) is 5.92 Å². The number of hydroxylamine groups is 2. The summed E-state index contributed by atoms with van der Waals surface area (Å²) in [6.45, 7) is 4.87. The zero-order valence-corrected chi connectivity index (χ0v) is 20.9. The summed E-state index contributed by atoms with van der Waals surface area (Å²) in [5.74, 6) is 1.31.